The van der Waals surface area contributed by atoms with Crippen LogP contribution in [0.15, 0.2) is 85.3 Å². The number of aliphatic hydroxyl groups is 2. The van der Waals surface area contributed by atoms with Gasteiger partial charge in [0.2, 0.25) is 0 Å². The van der Waals surface area contributed by atoms with Gasteiger partial charge in [0.15, 0.2) is 5.60 Å². The molecule has 7 nitrogen and oxygen atoms in total. The molecule has 0 aliphatic carbocycles. The molecule has 190 valence electrons. The van der Waals surface area contributed by atoms with E-state index in [-0.39, 0.29) is 6.61 Å². The summed E-state index contributed by atoms with van der Waals surface area (Å²) in [6, 6.07) is 24.5. The first kappa shape index (κ1) is 25.4. The smallest absolute Gasteiger partial charge is 0.156 e. The van der Waals surface area contributed by atoms with Gasteiger partial charge in [0.1, 0.15) is 11.9 Å². The predicted octanol–water partition coefficient (Wildman–Crippen LogP) is 4.87. The number of aliphatic hydroxyl groups excluding tert-OH is 1. The van der Waals surface area contributed by atoms with Crippen LogP contribution in [0.1, 0.15) is 22.4 Å². The summed E-state index contributed by atoms with van der Waals surface area (Å²) < 4.78 is 1.77. The fraction of sp³-hybridized carbons (Fsp3) is 0.167. The number of anilines is 1. The van der Waals surface area contributed by atoms with Crippen molar-refractivity contribution in [1.29, 1.82) is 5.26 Å². The first-order chi connectivity index (χ1) is 18.4. The molecule has 0 bridgehead atoms. The van der Waals surface area contributed by atoms with Gasteiger partial charge in [0.25, 0.3) is 0 Å². The van der Waals surface area contributed by atoms with Crippen LogP contribution in [0.4, 0.5) is 5.82 Å². The number of rotatable bonds is 7. The predicted molar refractivity (Wildman–Crippen MR) is 149 cm³/mol. The van der Waals surface area contributed by atoms with E-state index in [1.165, 1.54) is 0 Å². The van der Waals surface area contributed by atoms with Crippen molar-refractivity contribution in [2.75, 3.05) is 25.1 Å². The molecule has 3 aromatic carbocycles. The Bertz CT molecular complexity index is 1640. The molecule has 8 heteroatoms. The Balaban J connectivity index is 1.82. The van der Waals surface area contributed by atoms with Crippen molar-refractivity contribution in [3.05, 3.63) is 113 Å². The number of fused-ring (bicyclic) bond motifs is 1. The van der Waals surface area contributed by atoms with E-state index in [2.05, 4.69) is 11.1 Å². The highest BCUT2D eigenvalue weighted by molar-refractivity contribution is 6.30. The number of nitrogens with zero attached hydrogens (tertiary/aromatic N) is 5. The monoisotopic (exact) mass is 523 g/mol. The minimum absolute atomic E-state index is 0.0515. The van der Waals surface area contributed by atoms with E-state index in [1.807, 2.05) is 67.5 Å². The highest BCUT2D eigenvalue weighted by Gasteiger charge is 2.37. The SMILES string of the molecule is CN(CCO)c1nc2ccc(C(O)(c3ccc(Cl)cc3)c3cncn3C)cc2c(C#N)c1-c1ccccc1. The number of likely N-dealkylation sites (N-methyl/N-ethyl adjacent to an activating group) is 1. The van der Waals surface area contributed by atoms with E-state index in [4.69, 9.17) is 16.6 Å². The first-order valence-electron chi connectivity index (χ1n) is 12.1. The average Bonchev–Trinajstić information content (AvgIpc) is 3.38. The van der Waals surface area contributed by atoms with Crippen molar-refractivity contribution < 1.29 is 10.2 Å². The summed E-state index contributed by atoms with van der Waals surface area (Å²) in [4.78, 5) is 11.0. The topological polar surface area (TPSA) is 98.2 Å². The second kappa shape index (κ2) is 10.3. The Hall–Kier alpha value is -4.22. The maximum absolute atomic E-state index is 12.4. The highest BCUT2D eigenvalue weighted by Crippen LogP contribution is 2.41. The normalized spacial score (nSPS) is 12.7. The average molecular weight is 524 g/mol. The number of halogens is 1. The zero-order valence-corrected chi connectivity index (χ0v) is 21.8. The van der Waals surface area contributed by atoms with Crippen LogP contribution in [-0.4, -0.2) is 44.9 Å². The Morgan fingerprint density at radius 2 is 1.76 bits per heavy atom. The molecule has 0 amide bonds. The third-order valence-corrected chi connectivity index (χ3v) is 7.06. The maximum atomic E-state index is 12.4. The highest BCUT2D eigenvalue weighted by atomic mass is 35.5. The Kier molecular flexibility index (Phi) is 6.87. The van der Waals surface area contributed by atoms with Crippen LogP contribution in [0.2, 0.25) is 5.02 Å². The third-order valence-electron chi connectivity index (χ3n) is 6.80. The number of pyridine rings is 1. The van der Waals surface area contributed by atoms with Crippen molar-refractivity contribution >= 4 is 28.3 Å². The van der Waals surface area contributed by atoms with E-state index >= 15 is 0 Å². The molecule has 1 atom stereocenters. The molecule has 0 aliphatic rings. The van der Waals surface area contributed by atoms with E-state index in [1.54, 1.807) is 41.4 Å². The van der Waals surface area contributed by atoms with Gasteiger partial charge in [-0.25, -0.2) is 9.97 Å². The van der Waals surface area contributed by atoms with E-state index in [9.17, 15) is 15.5 Å². The van der Waals surface area contributed by atoms with E-state index in [0.29, 0.717) is 56.2 Å². The minimum Gasteiger partial charge on any atom is -0.395 e. The minimum atomic E-state index is -1.57. The molecular weight excluding hydrogens is 498 g/mol. The van der Waals surface area contributed by atoms with Gasteiger partial charge in [0, 0.05) is 36.6 Å². The molecule has 38 heavy (non-hydrogen) atoms. The number of hydrogen-bond acceptors (Lipinski definition) is 6. The molecule has 0 aliphatic heterocycles. The molecule has 2 aromatic heterocycles. The molecule has 0 radical (unpaired) electrons. The van der Waals surface area contributed by atoms with Crippen LogP contribution in [-0.2, 0) is 12.6 Å². The van der Waals surface area contributed by atoms with Gasteiger partial charge in [-0.3, -0.25) is 0 Å². The van der Waals surface area contributed by atoms with Crippen LogP contribution in [0.3, 0.4) is 0 Å². The maximum Gasteiger partial charge on any atom is 0.156 e. The van der Waals surface area contributed by atoms with Gasteiger partial charge < -0.3 is 19.7 Å². The molecule has 2 heterocycles. The zero-order valence-electron chi connectivity index (χ0n) is 21.0. The van der Waals surface area contributed by atoms with Crippen molar-refractivity contribution in [2.45, 2.75) is 5.60 Å². The molecule has 5 rings (SSSR count). The van der Waals surface area contributed by atoms with Crippen LogP contribution >= 0.6 is 11.6 Å². The summed E-state index contributed by atoms with van der Waals surface area (Å²) in [6.07, 6.45) is 3.26. The number of hydrogen-bond donors (Lipinski definition) is 2. The van der Waals surface area contributed by atoms with Gasteiger partial charge in [-0.1, -0.05) is 60.1 Å². The lowest BCUT2D eigenvalue weighted by molar-refractivity contribution is 0.117. The molecule has 5 aromatic rings. The number of imidazole rings is 1. The van der Waals surface area contributed by atoms with Gasteiger partial charge in [-0.05, 0) is 41.0 Å². The second-order valence-corrected chi connectivity index (χ2v) is 9.58. The largest absolute Gasteiger partial charge is 0.395 e. The first-order valence-corrected chi connectivity index (χ1v) is 12.5. The standard InChI is InChI=1S/C30H26ClN5O2/c1-35(14-15-37)29-28(20-6-4-3-5-7-20)25(17-32)24-16-22(10-13-26(24)34-29)30(38,27-18-33-19-36(27)2)21-8-11-23(31)12-9-21/h3-13,16,18-19,37-38H,14-15H2,1-2H3. The summed E-state index contributed by atoms with van der Waals surface area (Å²) in [7, 11) is 3.66. The van der Waals surface area contributed by atoms with Crippen LogP contribution in [0.5, 0.6) is 0 Å². The lowest BCUT2D eigenvalue weighted by atomic mass is 9.82. The zero-order chi connectivity index (χ0) is 26.9. The molecule has 1 unspecified atom stereocenters. The van der Waals surface area contributed by atoms with Gasteiger partial charge in [0.05, 0.1) is 35.9 Å². The quantitative estimate of drug-likeness (QED) is 0.316. The van der Waals surface area contributed by atoms with Crippen LogP contribution in [0.25, 0.3) is 22.0 Å². The number of benzene rings is 3. The fourth-order valence-electron chi connectivity index (χ4n) is 4.86. The summed E-state index contributed by atoms with van der Waals surface area (Å²) >= 11 is 6.16. The lowest BCUT2D eigenvalue weighted by Gasteiger charge is -2.30. The molecule has 0 saturated carbocycles. The molecular formula is C30H26ClN5O2. The van der Waals surface area contributed by atoms with Gasteiger partial charge in [-0.2, -0.15) is 5.26 Å². The van der Waals surface area contributed by atoms with E-state index < -0.39 is 5.60 Å². The van der Waals surface area contributed by atoms with Gasteiger partial charge in [-0.15, -0.1) is 0 Å². The third kappa shape index (κ3) is 4.29. The van der Waals surface area contributed by atoms with Gasteiger partial charge >= 0.3 is 0 Å². The molecule has 0 fully saturated rings. The van der Waals surface area contributed by atoms with Crippen molar-refractivity contribution in [3.63, 3.8) is 0 Å². The van der Waals surface area contributed by atoms with Crippen LogP contribution in [0, 0.1) is 11.3 Å². The molecule has 2 N–H and O–H groups in total. The summed E-state index contributed by atoms with van der Waals surface area (Å²) in [6.45, 7) is 0.308. The summed E-state index contributed by atoms with van der Waals surface area (Å²) in [5.74, 6) is 0.599. The Morgan fingerprint density at radius 3 is 2.39 bits per heavy atom. The Morgan fingerprint density at radius 1 is 1.05 bits per heavy atom. The number of nitriles is 1. The van der Waals surface area contributed by atoms with Crippen molar-refractivity contribution in [2.24, 2.45) is 7.05 Å². The molecule has 0 spiro atoms. The van der Waals surface area contributed by atoms with E-state index in [0.717, 1.165) is 5.56 Å². The molecule has 0 saturated heterocycles. The van der Waals surface area contributed by atoms with Crippen molar-refractivity contribution in [3.8, 4) is 17.2 Å². The number of aryl methyl sites for hydroxylation is 1. The summed E-state index contributed by atoms with van der Waals surface area (Å²) in [5.41, 5.74) is 2.71. The fourth-order valence-corrected chi connectivity index (χ4v) is 4.99. The summed E-state index contributed by atoms with van der Waals surface area (Å²) in [5, 5.41) is 33.6. The second-order valence-electron chi connectivity index (χ2n) is 9.15. The number of aromatic nitrogens is 3. The Labute approximate surface area is 225 Å². The van der Waals surface area contributed by atoms with Crippen LogP contribution < -0.4 is 4.90 Å². The van der Waals surface area contributed by atoms with Crippen molar-refractivity contribution in [1.82, 2.24) is 14.5 Å². The lowest BCUT2D eigenvalue weighted by Crippen LogP contribution is -2.31.